The smallest absolute Gasteiger partial charge is 0.289 e. The van der Waals surface area contributed by atoms with E-state index in [-0.39, 0.29) is 29.7 Å². The molecule has 1 saturated heterocycles. The highest BCUT2D eigenvalue weighted by Gasteiger charge is 2.27. The van der Waals surface area contributed by atoms with Crippen LogP contribution in [-0.2, 0) is 11.3 Å². The lowest BCUT2D eigenvalue weighted by atomic mass is 9.99. The second-order valence-electron chi connectivity index (χ2n) is 8.83. The van der Waals surface area contributed by atoms with Crippen molar-refractivity contribution in [3.05, 3.63) is 88.1 Å². The van der Waals surface area contributed by atoms with Gasteiger partial charge >= 0.3 is 0 Å². The second-order valence-corrected chi connectivity index (χ2v) is 8.83. The minimum absolute atomic E-state index is 0.159. The summed E-state index contributed by atoms with van der Waals surface area (Å²) in [6.07, 6.45) is 1.47. The van der Waals surface area contributed by atoms with Crippen molar-refractivity contribution in [2.75, 3.05) is 26.2 Å². The van der Waals surface area contributed by atoms with Crippen molar-refractivity contribution in [3.8, 4) is 11.3 Å². The highest BCUT2D eigenvalue weighted by molar-refractivity contribution is 5.95. The Morgan fingerprint density at radius 2 is 1.63 bits per heavy atom. The van der Waals surface area contributed by atoms with Gasteiger partial charge in [-0.3, -0.25) is 14.4 Å². The number of rotatable bonds is 4. The largest absolute Gasteiger partial charge is 0.459 e. The molecule has 1 aliphatic rings. The molecule has 0 saturated carbocycles. The molecule has 8 nitrogen and oxygen atoms in total. The van der Waals surface area contributed by atoms with Gasteiger partial charge in [0.25, 0.3) is 11.5 Å². The van der Waals surface area contributed by atoms with Gasteiger partial charge < -0.3 is 14.2 Å². The van der Waals surface area contributed by atoms with Gasteiger partial charge in [-0.05, 0) is 43.7 Å². The number of amides is 2. The van der Waals surface area contributed by atoms with Crippen LogP contribution in [0.4, 0.5) is 0 Å². The van der Waals surface area contributed by atoms with Crippen molar-refractivity contribution >= 4 is 22.6 Å². The normalized spacial score (nSPS) is 13.9. The monoisotopic (exact) mass is 470 g/mol. The number of nitrogens with zero attached hydrogens (tertiary/aromatic N) is 4. The van der Waals surface area contributed by atoms with Crippen molar-refractivity contribution in [2.45, 2.75) is 20.4 Å². The fraction of sp³-hybridized carbons (Fsp3) is 0.259. The average Bonchev–Trinajstić information content (AvgIpc) is 3.42. The first kappa shape index (κ1) is 22.6. The van der Waals surface area contributed by atoms with Gasteiger partial charge in [-0.15, -0.1) is 0 Å². The average molecular weight is 471 g/mol. The summed E-state index contributed by atoms with van der Waals surface area (Å²) in [5, 5.41) is 5.96. The topological polar surface area (TPSA) is 88.7 Å². The number of piperazine rings is 1. The first-order valence-electron chi connectivity index (χ1n) is 11.6. The number of aryl methyl sites for hydroxylation is 2. The van der Waals surface area contributed by atoms with E-state index in [1.54, 1.807) is 28.0 Å². The SMILES string of the molecule is Cc1ccc(C)c(-c2nn(CC(=O)N3CCN(C(=O)c4ccco4)CC3)c(=O)c3ccccc23)c1. The standard InChI is InChI=1S/C27H26N4O4/c1-18-9-10-19(2)22(16-18)25-20-6-3-4-7-21(20)26(33)31(28-25)17-24(32)29-11-13-30(14-12-29)27(34)23-8-5-15-35-23/h3-10,15-16H,11-14,17H2,1-2H3. The molecule has 1 aliphatic heterocycles. The minimum atomic E-state index is -0.297. The Labute approximate surface area is 202 Å². The molecule has 35 heavy (non-hydrogen) atoms. The van der Waals surface area contributed by atoms with Crippen LogP contribution in [0.2, 0.25) is 0 Å². The molecular formula is C27H26N4O4. The third-order valence-electron chi connectivity index (χ3n) is 6.45. The van der Waals surface area contributed by atoms with Crippen LogP contribution in [0.3, 0.4) is 0 Å². The molecule has 0 bridgehead atoms. The Kier molecular flexibility index (Phi) is 5.94. The van der Waals surface area contributed by atoms with E-state index in [4.69, 9.17) is 4.42 Å². The van der Waals surface area contributed by atoms with E-state index in [1.165, 1.54) is 10.9 Å². The fourth-order valence-corrected chi connectivity index (χ4v) is 4.48. The molecule has 2 amide bonds. The van der Waals surface area contributed by atoms with E-state index in [0.717, 1.165) is 22.1 Å². The minimum Gasteiger partial charge on any atom is -0.459 e. The molecule has 8 heteroatoms. The Balaban J connectivity index is 1.40. The summed E-state index contributed by atoms with van der Waals surface area (Å²) in [7, 11) is 0. The summed E-state index contributed by atoms with van der Waals surface area (Å²) in [5.41, 5.74) is 3.46. The van der Waals surface area contributed by atoms with Crippen molar-refractivity contribution in [1.82, 2.24) is 19.6 Å². The van der Waals surface area contributed by atoms with Crippen LogP contribution in [0.1, 0.15) is 21.7 Å². The van der Waals surface area contributed by atoms with E-state index in [1.807, 2.05) is 44.2 Å². The van der Waals surface area contributed by atoms with Crippen LogP contribution in [0.15, 0.2) is 70.1 Å². The maximum Gasteiger partial charge on any atom is 0.289 e. The first-order chi connectivity index (χ1) is 16.9. The zero-order valence-electron chi connectivity index (χ0n) is 19.7. The fourth-order valence-electron chi connectivity index (χ4n) is 4.48. The lowest BCUT2D eigenvalue weighted by Crippen LogP contribution is -2.51. The number of benzene rings is 2. The van der Waals surface area contributed by atoms with E-state index in [9.17, 15) is 14.4 Å². The molecule has 2 aromatic heterocycles. The predicted octanol–water partition coefficient (Wildman–Crippen LogP) is 3.26. The molecule has 178 valence electrons. The molecule has 0 unspecified atom stereocenters. The number of hydrogen-bond donors (Lipinski definition) is 0. The van der Waals surface area contributed by atoms with Crippen molar-refractivity contribution in [2.24, 2.45) is 0 Å². The number of carbonyl (C=O) groups excluding carboxylic acids is 2. The molecule has 2 aromatic carbocycles. The summed E-state index contributed by atoms with van der Waals surface area (Å²) in [6, 6.07) is 16.8. The van der Waals surface area contributed by atoms with E-state index < -0.39 is 0 Å². The van der Waals surface area contributed by atoms with Crippen LogP contribution >= 0.6 is 0 Å². The predicted molar refractivity (Wildman–Crippen MR) is 132 cm³/mol. The van der Waals surface area contributed by atoms with Crippen LogP contribution in [-0.4, -0.2) is 57.6 Å². The van der Waals surface area contributed by atoms with Gasteiger partial charge in [0.2, 0.25) is 5.91 Å². The maximum atomic E-state index is 13.2. The third-order valence-corrected chi connectivity index (χ3v) is 6.45. The summed E-state index contributed by atoms with van der Waals surface area (Å²) < 4.78 is 6.46. The van der Waals surface area contributed by atoms with Gasteiger partial charge in [-0.1, -0.05) is 35.9 Å². The third kappa shape index (κ3) is 4.35. The highest BCUT2D eigenvalue weighted by Crippen LogP contribution is 2.28. The lowest BCUT2D eigenvalue weighted by Gasteiger charge is -2.34. The van der Waals surface area contributed by atoms with Gasteiger partial charge in [0.1, 0.15) is 6.54 Å². The molecule has 0 spiro atoms. The maximum absolute atomic E-state index is 13.2. The molecule has 4 aromatic rings. The number of aromatic nitrogens is 2. The quantitative estimate of drug-likeness (QED) is 0.457. The number of furan rings is 1. The molecule has 0 aliphatic carbocycles. The van der Waals surface area contributed by atoms with Crippen LogP contribution in [0, 0.1) is 13.8 Å². The van der Waals surface area contributed by atoms with Crippen molar-refractivity contribution < 1.29 is 14.0 Å². The molecule has 1 fully saturated rings. The van der Waals surface area contributed by atoms with Crippen LogP contribution < -0.4 is 5.56 Å². The number of carbonyl (C=O) groups is 2. The highest BCUT2D eigenvalue weighted by atomic mass is 16.3. The van der Waals surface area contributed by atoms with E-state index >= 15 is 0 Å². The summed E-state index contributed by atoms with van der Waals surface area (Å²) >= 11 is 0. The Hall–Kier alpha value is -4.20. The van der Waals surface area contributed by atoms with Gasteiger partial charge in [-0.2, -0.15) is 5.10 Å². The zero-order valence-corrected chi connectivity index (χ0v) is 19.7. The summed E-state index contributed by atoms with van der Waals surface area (Å²) in [4.78, 5) is 42.2. The molecule has 5 rings (SSSR count). The number of fused-ring (bicyclic) bond motifs is 1. The lowest BCUT2D eigenvalue weighted by molar-refractivity contribution is -0.133. The Morgan fingerprint density at radius 3 is 2.34 bits per heavy atom. The molecule has 0 N–H and O–H groups in total. The second kappa shape index (κ2) is 9.21. The van der Waals surface area contributed by atoms with Gasteiger partial charge in [0.15, 0.2) is 5.76 Å². The molecule has 0 radical (unpaired) electrons. The van der Waals surface area contributed by atoms with Crippen molar-refractivity contribution in [1.29, 1.82) is 0 Å². The van der Waals surface area contributed by atoms with E-state index in [2.05, 4.69) is 11.2 Å². The van der Waals surface area contributed by atoms with Crippen LogP contribution in [0.5, 0.6) is 0 Å². The molecule has 0 atom stereocenters. The Morgan fingerprint density at radius 1 is 0.914 bits per heavy atom. The molecular weight excluding hydrogens is 444 g/mol. The first-order valence-corrected chi connectivity index (χ1v) is 11.6. The number of hydrogen-bond acceptors (Lipinski definition) is 5. The zero-order chi connectivity index (χ0) is 24.5. The summed E-state index contributed by atoms with van der Waals surface area (Å²) in [5.74, 6) is -0.102. The van der Waals surface area contributed by atoms with E-state index in [0.29, 0.717) is 37.3 Å². The molecule has 3 heterocycles. The van der Waals surface area contributed by atoms with Crippen molar-refractivity contribution in [3.63, 3.8) is 0 Å². The van der Waals surface area contributed by atoms with Crippen LogP contribution in [0.25, 0.3) is 22.0 Å². The summed E-state index contributed by atoms with van der Waals surface area (Å²) in [6.45, 7) is 5.44. The van der Waals surface area contributed by atoms with Gasteiger partial charge in [0.05, 0.1) is 17.3 Å². The Bertz CT molecular complexity index is 1460. The van der Waals surface area contributed by atoms with Gasteiger partial charge in [0, 0.05) is 37.1 Å². The van der Waals surface area contributed by atoms with Gasteiger partial charge in [-0.25, -0.2) is 4.68 Å².